The summed E-state index contributed by atoms with van der Waals surface area (Å²) in [5.74, 6) is 0. The highest BCUT2D eigenvalue weighted by Gasteiger charge is 2.28. The van der Waals surface area contributed by atoms with Crippen molar-refractivity contribution in [1.82, 2.24) is 0 Å². The summed E-state index contributed by atoms with van der Waals surface area (Å²) in [5, 5.41) is 36.3. The summed E-state index contributed by atoms with van der Waals surface area (Å²) in [7, 11) is 0. The largest absolute Gasteiger partial charge is 0.456 e. The molecule has 0 saturated heterocycles. The molecule has 9 heterocycles. The molecule has 0 N–H and O–H groups in total. The van der Waals surface area contributed by atoms with E-state index in [9.17, 15) is 0 Å². The van der Waals surface area contributed by atoms with Gasteiger partial charge in [-0.15, -0.1) is 34.0 Å². The van der Waals surface area contributed by atoms with Crippen molar-refractivity contribution in [3.63, 3.8) is 0 Å². The number of hydrogen-bond donors (Lipinski definition) is 0. The van der Waals surface area contributed by atoms with E-state index >= 15 is 0 Å². The fourth-order valence-electron chi connectivity index (χ4n) is 23.7. The molecule has 0 spiro atoms. The monoisotopic (exact) mass is 1850 g/mol. The maximum absolute atomic E-state index is 6.49. The number of furan rings is 6. The second kappa shape index (κ2) is 30.4. The fourth-order valence-corrected chi connectivity index (χ4v) is 27.0. The molecule has 0 atom stereocenters. The van der Waals surface area contributed by atoms with Crippen LogP contribution in [0.1, 0.15) is 0 Å². The molecule has 0 saturated carbocycles. The highest BCUT2D eigenvalue weighted by Crippen LogP contribution is 2.55. The van der Waals surface area contributed by atoms with Gasteiger partial charge in [-0.2, -0.15) is 0 Å². The summed E-state index contributed by atoms with van der Waals surface area (Å²) >= 11 is 5.54. The number of rotatable bonds is 6. The lowest BCUT2D eigenvalue weighted by Gasteiger charge is -2.18. The molecule has 0 amide bonds. The number of para-hydroxylation sites is 3. The molecule has 0 bridgehead atoms. The Morgan fingerprint density at radius 2 is 0.340 bits per heavy atom. The first-order valence-corrected chi connectivity index (χ1v) is 50.2. The second-order valence-corrected chi connectivity index (χ2v) is 40.3. The average Bonchev–Trinajstić information content (AvgIpc) is 1.69. The van der Waals surface area contributed by atoms with Crippen molar-refractivity contribution in [2.24, 2.45) is 0 Å². The van der Waals surface area contributed by atoms with Crippen LogP contribution in [0.2, 0.25) is 0 Å². The third-order valence-electron chi connectivity index (χ3n) is 29.6. The molecule has 24 aromatic carbocycles. The van der Waals surface area contributed by atoms with Crippen LogP contribution >= 0.6 is 34.0 Å². The molecule has 9 aromatic heterocycles. The lowest BCUT2D eigenvalue weighted by molar-refractivity contribution is 0.668. The Morgan fingerprint density at radius 3 is 0.702 bits per heavy atom. The Hall–Kier alpha value is -17.7. The SMILES string of the molecule is c1ccc2c(c1)oc1cc(-c3c4ccccc4c(-c4ccc5oc6ccc7sc8ccccc8c7c6c5c4)c4ccccc34)ccc12.c1ccc2c(c1)oc1ccc(-c3c4ccccc4c(-c4ccc5oc6ccc7sc8ccccc8c7c6c5c4)c4ccccc34)cc12.c1ccc2c(c1)oc1cccc(-c3c4ccccc4c(-c4ccc5oc6ccc7sc8ccccc8c7c6c5c4)c4ccccc34)c12. The van der Waals surface area contributed by atoms with Gasteiger partial charge in [0.25, 0.3) is 0 Å². The Labute approximate surface area is 814 Å². The third kappa shape index (κ3) is 11.7. The Kier molecular flexibility index (Phi) is 16.9. The maximum Gasteiger partial charge on any atom is 0.136 e. The standard InChI is InChI=1S/3C44H24O2S/c1-3-12-28-26(10-1)40(25-20-21-35-33(24-25)43-37(46-35)22-23-39-44(43)31-15-6-8-19-38(31)47-39)27-11-2-4-13-29(27)41(28)32-16-9-18-36-42(32)30-14-5-7-17-34(30)45-36;1-3-12-31-29(10-1)41(25-18-20-36-34(23-25)43-37(45-36)21-22-40-44(43)33-14-6-8-16-39(33)47-40)30-11-2-4-13-32(30)42(31)26-17-19-28-27-9-5-7-15-35(27)46-38(28)24-26;1-3-12-30-28(10-1)41(25-17-19-36-33(23-25)27-9-5-7-15-35(27)45-36)29-11-2-4-13-31(29)42(30)26-18-20-37-34(24-26)43-38(46-37)21-22-40-44(43)32-14-6-8-16-39(32)47-40/h3*1-24H. The molecule has 0 aliphatic carbocycles. The first kappa shape index (κ1) is 78.5. The molecule has 0 unspecified atom stereocenters. The predicted octanol–water partition coefficient (Wildman–Crippen LogP) is 40.5. The van der Waals surface area contributed by atoms with E-state index in [4.69, 9.17) is 26.5 Å². The van der Waals surface area contributed by atoms with E-state index in [-0.39, 0.29) is 0 Å². The van der Waals surface area contributed by atoms with Crippen LogP contribution < -0.4 is 0 Å². The normalized spacial score (nSPS) is 12.3. The van der Waals surface area contributed by atoms with Crippen molar-refractivity contribution in [3.05, 3.63) is 437 Å². The van der Waals surface area contributed by atoms with Gasteiger partial charge < -0.3 is 26.5 Å². The van der Waals surface area contributed by atoms with E-state index < -0.39 is 0 Å². The minimum Gasteiger partial charge on any atom is -0.456 e. The molecule has 0 aliphatic rings. The van der Waals surface area contributed by atoms with Crippen molar-refractivity contribution in [1.29, 1.82) is 0 Å². The topological polar surface area (TPSA) is 78.8 Å². The van der Waals surface area contributed by atoms with E-state index in [2.05, 4.69) is 406 Å². The molecule has 33 aromatic rings. The van der Waals surface area contributed by atoms with Gasteiger partial charge in [0.15, 0.2) is 0 Å². The van der Waals surface area contributed by atoms with Crippen molar-refractivity contribution in [2.45, 2.75) is 0 Å². The zero-order valence-electron chi connectivity index (χ0n) is 75.2. The van der Waals surface area contributed by atoms with Gasteiger partial charge in [0.05, 0.1) is 0 Å². The van der Waals surface area contributed by atoms with Gasteiger partial charge in [-0.1, -0.05) is 297 Å². The summed E-state index contributed by atoms with van der Waals surface area (Å²) in [6.45, 7) is 0. The summed E-state index contributed by atoms with van der Waals surface area (Å²) in [6, 6.07) is 157. The first-order valence-electron chi connectivity index (χ1n) is 47.8. The van der Waals surface area contributed by atoms with E-state index in [1.165, 1.54) is 203 Å². The lowest BCUT2D eigenvalue weighted by atomic mass is 9.84. The second-order valence-electron chi connectivity index (χ2n) is 37.1. The molecule has 0 aliphatic heterocycles. The van der Waals surface area contributed by atoms with Crippen LogP contribution in [0.3, 0.4) is 0 Å². The Bertz CT molecular complexity index is 11100. The van der Waals surface area contributed by atoms with Crippen LogP contribution in [0.4, 0.5) is 0 Å². The van der Waals surface area contributed by atoms with Gasteiger partial charge in [-0.05, 0) is 271 Å². The van der Waals surface area contributed by atoms with Crippen molar-refractivity contribution >= 4 is 291 Å². The van der Waals surface area contributed by atoms with Crippen molar-refractivity contribution in [2.75, 3.05) is 0 Å². The molecule has 9 heteroatoms. The molecule has 33 rings (SSSR count). The first-order chi connectivity index (χ1) is 69.9. The Morgan fingerprint density at radius 1 is 0.113 bits per heavy atom. The van der Waals surface area contributed by atoms with E-state index in [0.29, 0.717) is 0 Å². The zero-order chi connectivity index (χ0) is 91.9. The van der Waals surface area contributed by atoms with E-state index in [1.807, 2.05) is 64.3 Å². The minimum absolute atomic E-state index is 0.908. The summed E-state index contributed by atoms with van der Waals surface area (Å²) in [5.41, 5.74) is 25.5. The van der Waals surface area contributed by atoms with Crippen molar-refractivity contribution < 1.29 is 26.5 Å². The van der Waals surface area contributed by atoms with Gasteiger partial charge in [0.2, 0.25) is 0 Å². The Balaban J connectivity index is 0.0000000972. The quantitative estimate of drug-likeness (QED) is 0.154. The van der Waals surface area contributed by atoms with Crippen LogP contribution in [0, 0.1) is 0 Å². The van der Waals surface area contributed by atoms with Crippen LogP contribution in [0.15, 0.2) is 463 Å². The van der Waals surface area contributed by atoms with E-state index in [1.54, 1.807) is 0 Å². The van der Waals surface area contributed by atoms with Crippen LogP contribution in [0.5, 0.6) is 0 Å². The minimum atomic E-state index is 0.908. The van der Waals surface area contributed by atoms with Crippen LogP contribution in [-0.4, -0.2) is 0 Å². The zero-order valence-corrected chi connectivity index (χ0v) is 77.7. The summed E-state index contributed by atoms with van der Waals surface area (Å²) in [4.78, 5) is 0. The third-order valence-corrected chi connectivity index (χ3v) is 33.0. The fraction of sp³-hybridized carbons (Fsp3) is 0. The highest BCUT2D eigenvalue weighted by atomic mass is 32.1. The molecular formula is C132H72O6S3. The number of hydrogen-bond acceptors (Lipinski definition) is 9. The lowest BCUT2D eigenvalue weighted by Crippen LogP contribution is -1.91. The predicted molar refractivity (Wildman–Crippen MR) is 599 cm³/mol. The summed E-state index contributed by atoms with van der Waals surface area (Å²) < 4.78 is 46.1. The molecule has 654 valence electrons. The smallest absolute Gasteiger partial charge is 0.136 e. The maximum atomic E-state index is 6.49. The van der Waals surface area contributed by atoms with Gasteiger partial charge in [-0.25, -0.2) is 0 Å². The summed E-state index contributed by atoms with van der Waals surface area (Å²) in [6.07, 6.45) is 0. The number of fused-ring (bicyclic) bond motifs is 36. The van der Waals surface area contributed by atoms with E-state index in [0.717, 1.165) is 121 Å². The van der Waals surface area contributed by atoms with Gasteiger partial charge in [0, 0.05) is 125 Å². The van der Waals surface area contributed by atoms with Gasteiger partial charge >= 0.3 is 0 Å². The van der Waals surface area contributed by atoms with Crippen molar-refractivity contribution in [3.8, 4) is 66.8 Å². The number of benzene rings is 24. The van der Waals surface area contributed by atoms with Crippen LogP contribution in [0.25, 0.3) is 324 Å². The molecular weight excluding hydrogens is 1780 g/mol. The van der Waals surface area contributed by atoms with Gasteiger partial charge in [0.1, 0.15) is 67.0 Å². The van der Waals surface area contributed by atoms with Crippen LogP contribution in [-0.2, 0) is 0 Å². The number of thiophene rings is 3. The molecule has 0 radical (unpaired) electrons. The molecule has 6 nitrogen and oxygen atoms in total. The highest BCUT2D eigenvalue weighted by molar-refractivity contribution is 7.27. The molecule has 141 heavy (non-hydrogen) atoms. The van der Waals surface area contributed by atoms with Gasteiger partial charge in [-0.3, -0.25) is 0 Å². The molecule has 0 fully saturated rings. The average molecular weight is 1850 g/mol.